The van der Waals surface area contributed by atoms with Crippen molar-refractivity contribution in [3.8, 4) is 0 Å². The van der Waals surface area contributed by atoms with Crippen LogP contribution in [0.2, 0.25) is 0 Å². The zero-order valence-electron chi connectivity index (χ0n) is 9.03. The number of aliphatic hydroxyl groups is 2. The summed E-state index contributed by atoms with van der Waals surface area (Å²) < 4.78 is 19.3. The normalized spacial score (nSPS) is 31.8. The van der Waals surface area contributed by atoms with Crippen molar-refractivity contribution >= 4 is 21.7 Å². The summed E-state index contributed by atoms with van der Waals surface area (Å²) in [7, 11) is 0. The van der Waals surface area contributed by atoms with Gasteiger partial charge in [0.2, 0.25) is 0 Å². The number of rotatable bonds is 2. The molecule has 1 fully saturated rings. The molecule has 0 aliphatic carbocycles. The number of alkyl halides is 1. The van der Waals surface area contributed by atoms with Gasteiger partial charge in [0.15, 0.2) is 17.9 Å². The Morgan fingerprint density at radius 1 is 1.67 bits per heavy atom. The van der Waals surface area contributed by atoms with Crippen LogP contribution in [0.1, 0.15) is 6.23 Å². The maximum Gasteiger partial charge on any atom is 0.351 e. The van der Waals surface area contributed by atoms with Crippen molar-refractivity contribution in [2.75, 3.05) is 12.3 Å². The Kier molecular flexibility index (Phi) is 3.66. The van der Waals surface area contributed by atoms with Gasteiger partial charge in [-0.25, -0.2) is 9.18 Å². The van der Waals surface area contributed by atoms with Crippen LogP contribution in [0.25, 0.3) is 0 Å². The van der Waals surface area contributed by atoms with Crippen LogP contribution in [0.4, 0.5) is 10.2 Å². The van der Waals surface area contributed by atoms with Crippen LogP contribution in [-0.4, -0.2) is 43.4 Å². The van der Waals surface area contributed by atoms with Gasteiger partial charge in [0.05, 0.1) is 23.7 Å². The monoisotopic (exact) mass is 323 g/mol. The average molecular weight is 324 g/mol. The average Bonchev–Trinajstić information content (AvgIpc) is 2.61. The van der Waals surface area contributed by atoms with Gasteiger partial charge in [-0.1, -0.05) is 15.9 Å². The molecule has 4 N–H and O–H groups in total. The van der Waals surface area contributed by atoms with Crippen molar-refractivity contribution in [2.45, 2.75) is 23.3 Å². The number of nitrogen functional groups attached to an aromatic ring is 1. The lowest BCUT2D eigenvalue weighted by atomic mass is 10.2. The number of ether oxygens (including phenoxy) is 1. The van der Waals surface area contributed by atoms with E-state index in [4.69, 9.17) is 15.6 Å². The van der Waals surface area contributed by atoms with E-state index in [0.717, 1.165) is 10.8 Å². The summed E-state index contributed by atoms with van der Waals surface area (Å²) in [5, 5.41) is 18.9. The van der Waals surface area contributed by atoms with Gasteiger partial charge in [0.25, 0.3) is 0 Å². The van der Waals surface area contributed by atoms with Crippen LogP contribution >= 0.6 is 15.9 Å². The van der Waals surface area contributed by atoms with E-state index in [1.54, 1.807) is 0 Å². The number of aromatic nitrogens is 2. The highest BCUT2D eigenvalue weighted by atomic mass is 79.9. The quantitative estimate of drug-likeness (QED) is 0.601. The van der Waals surface area contributed by atoms with E-state index in [-0.39, 0.29) is 6.61 Å². The maximum absolute atomic E-state index is 13.3. The highest BCUT2D eigenvalue weighted by Gasteiger charge is 2.43. The van der Waals surface area contributed by atoms with Crippen molar-refractivity contribution in [3.63, 3.8) is 0 Å². The Balaban J connectivity index is 2.39. The third-order valence-corrected chi connectivity index (χ3v) is 3.81. The Bertz CT molecular complexity index is 511. The van der Waals surface area contributed by atoms with Gasteiger partial charge in [-0.15, -0.1) is 0 Å². The number of aliphatic hydroxyl groups excluding tert-OH is 2. The third kappa shape index (κ3) is 2.14. The van der Waals surface area contributed by atoms with Gasteiger partial charge in [0, 0.05) is 0 Å². The largest absolute Gasteiger partial charge is 0.394 e. The van der Waals surface area contributed by atoms with E-state index >= 15 is 0 Å². The first-order valence-corrected chi connectivity index (χ1v) is 6.00. The molecule has 0 saturated carbocycles. The van der Waals surface area contributed by atoms with Gasteiger partial charge < -0.3 is 20.7 Å². The molecule has 4 atom stereocenters. The second-order valence-electron chi connectivity index (χ2n) is 3.85. The first-order chi connectivity index (χ1) is 8.45. The molecule has 9 heteroatoms. The molecule has 0 spiro atoms. The molecule has 18 heavy (non-hydrogen) atoms. The first kappa shape index (κ1) is 13.4. The fourth-order valence-corrected chi connectivity index (χ4v) is 2.28. The van der Waals surface area contributed by atoms with Gasteiger partial charge in [-0.2, -0.15) is 4.98 Å². The van der Waals surface area contributed by atoms with Crippen molar-refractivity contribution in [3.05, 3.63) is 22.5 Å². The Hall–Kier alpha value is -1.03. The van der Waals surface area contributed by atoms with Crippen molar-refractivity contribution in [1.29, 1.82) is 0 Å². The SMILES string of the molecule is Nc1nc(=O)n(C2OC(CO)C(Br)C2O)cc1F. The minimum atomic E-state index is -1.12. The molecule has 1 aromatic rings. The molecule has 0 radical (unpaired) electrons. The molecule has 1 saturated heterocycles. The van der Waals surface area contributed by atoms with E-state index in [2.05, 4.69) is 20.9 Å². The number of nitrogens with zero attached hydrogens (tertiary/aromatic N) is 2. The van der Waals surface area contributed by atoms with Gasteiger partial charge >= 0.3 is 5.69 Å². The molecule has 0 amide bonds. The summed E-state index contributed by atoms with van der Waals surface area (Å²) in [6.45, 7) is -0.344. The van der Waals surface area contributed by atoms with Crippen molar-refractivity contribution < 1.29 is 19.3 Å². The maximum atomic E-state index is 13.3. The summed E-state index contributed by atoms with van der Waals surface area (Å²) in [4.78, 5) is 14.3. The van der Waals surface area contributed by atoms with Crippen molar-refractivity contribution in [2.24, 2.45) is 0 Å². The summed E-state index contributed by atoms with van der Waals surface area (Å²) in [6.07, 6.45) is -2.12. The Morgan fingerprint density at radius 3 is 2.89 bits per heavy atom. The number of hydrogen-bond acceptors (Lipinski definition) is 6. The molecule has 100 valence electrons. The second-order valence-corrected chi connectivity index (χ2v) is 4.90. The molecular formula is C9H11BrFN3O4. The zero-order valence-corrected chi connectivity index (χ0v) is 10.6. The lowest BCUT2D eigenvalue weighted by Gasteiger charge is -2.17. The predicted molar refractivity (Wildman–Crippen MR) is 62.6 cm³/mol. The molecule has 2 heterocycles. The zero-order chi connectivity index (χ0) is 13.4. The van der Waals surface area contributed by atoms with E-state index < -0.39 is 40.6 Å². The molecule has 0 aromatic carbocycles. The van der Waals surface area contributed by atoms with E-state index in [9.17, 15) is 14.3 Å². The lowest BCUT2D eigenvalue weighted by molar-refractivity contribution is -0.0533. The standard InChI is InChI=1S/C9H11BrFN3O4/c10-5-4(2-15)18-8(6(5)16)14-1-3(11)7(12)13-9(14)17/h1,4-6,8,15-16H,2H2,(H2,12,13,17). The molecule has 2 rings (SSSR count). The topological polar surface area (TPSA) is 111 Å². The Labute approximate surface area is 109 Å². The van der Waals surface area contributed by atoms with Crippen LogP contribution in [0, 0.1) is 5.82 Å². The molecule has 1 aliphatic heterocycles. The van der Waals surface area contributed by atoms with Gasteiger partial charge in [-0.05, 0) is 0 Å². The van der Waals surface area contributed by atoms with Crippen LogP contribution < -0.4 is 11.4 Å². The lowest BCUT2D eigenvalue weighted by Crippen LogP contribution is -2.34. The van der Waals surface area contributed by atoms with Crippen LogP contribution in [0.5, 0.6) is 0 Å². The highest BCUT2D eigenvalue weighted by molar-refractivity contribution is 9.09. The van der Waals surface area contributed by atoms with E-state index in [1.807, 2.05) is 0 Å². The predicted octanol–water partition coefficient (Wildman–Crippen LogP) is -1.02. The molecule has 4 unspecified atom stereocenters. The summed E-state index contributed by atoms with van der Waals surface area (Å²) in [5.74, 6) is -1.40. The van der Waals surface area contributed by atoms with Crippen LogP contribution in [0.15, 0.2) is 11.0 Å². The highest BCUT2D eigenvalue weighted by Crippen LogP contribution is 2.32. The van der Waals surface area contributed by atoms with E-state index in [1.165, 1.54) is 0 Å². The summed E-state index contributed by atoms with van der Waals surface area (Å²) in [5.41, 5.74) is 4.31. The number of nitrogens with two attached hydrogens (primary N) is 1. The number of halogens is 2. The molecular weight excluding hydrogens is 313 g/mol. The molecule has 7 nitrogen and oxygen atoms in total. The molecule has 1 aliphatic rings. The summed E-state index contributed by atoms with van der Waals surface area (Å²) >= 11 is 3.14. The molecule has 0 bridgehead atoms. The Morgan fingerprint density at radius 2 is 2.33 bits per heavy atom. The molecule has 1 aromatic heterocycles. The van der Waals surface area contributed by atoms with Gasteiger partial charge in [0.1, 0.15) is 6.10 Å². The smallest absolute Gasteiger partial charge is 0.351 e. The minimum absolute atomic E-state index is 0.344. The second kappa shape index (κ2) is 4.92. The van der Waals surface area contributed by atoms with Crippen molar-refractivity contribution in [1.82, 2.24) is 9.55 Å². The minimum Gasteiger partial charge on any atom is -0.394 e. The van der Waals surface area contributed by atoms with E-state index in [0.29, 0.717) is 0 Å². The number of hydrogen-bond donors (Lipinski definition) is 3. The van der Waals surface area contributed by atoms with Gasteiger partial charge in [-0.3, -0.25) is 4.57 Å². The van der Waals surface area contributed by atoms with Crippen LogP contribution in [-0.2, 0) is 4.74 Å². The fourth-order valence-electron chi connectivity index (χ4n) is 1.73. The fraction of sp³-hybridized carbons (Fsp3) is 0.556. The first-order valence-electron chi connectivity index (χ1n) is 5.08. The summed E-state index contributed by atoms with van der Waals surface area (Å²) in [6, 6.07) is 0. The van der Waals surface area contributed by atoms with Crippen LogP contribution in [0.3, 0.4) is 0 Å². The third-order valence-electron chi connectivity index (χ3n) is 2.68. The number of anilines is 1.